The molecule has 1 saturated carbocycles. The summed E-state index contributed by atoms with van der Waals surface area (Å²) in [6.07, 6.45) is 3.83. The highest BCUT2D eigenvalue weighted by molar-refractivity contribution is 6.12. The van der Waals surface area contributed by atoms with Gasteiger partial charge in [0.25, 0.3) is 5.91 Å². The van der Waals surface area contributed by atoms with Crippen LogP contribution in [0.5, 0.6) is 0 Å². The Morgan fingerprint density at radius 1 is 1.32 bits per heavy atom. The first-order valence-electron chi connectivity index (χ1n) is 8.48. The van der Waals surface area contributed by atoms with E-state index < -0.39 is 5.82 Å². The van der Waals surface area contributed by atoms with Gasteiger partial charge in [-0.05, 0) is 44.9 Å². The van der Waals surface area contributed by atoms with Gasteiger partial charge in [0.1, 0.15) is 5.82 Å². The largest absolute Gasteiger partial charge is 0.319 e. The predicted octanol–water partition coefficient (Wildman–Crippen LogP) is 4.28. The number of nitrogens with one attached hydrogen (secondary N) is 1. The third kappa shape index (κ3) is 2.88. The van der Waals surface area contributed by atoms with E-state index in [2.05, 4.69) is 10.4 Å². The molecule has 25 heavy (non-hydrogen) atoms. The molecular weight excluding hydrogens is 319 g/mol. The summed E-state index contributed by atoms with van der Waals surface area (Å²) in [7, 11) is 0. The first-order chi connectivity index (χ1) is 12.0. The number of rotatable bonds is 4. The molecule has 4 rings (SSSR count). The zero-order valence-corrected chi connectivity index (χ0v) is 14.2. The average Bonchev–Trinajstić information content (AvgIpc) is 3.35. The first-order valence-corrected chi connectivity index (χ1v) is 8.48. The van der Waals surface area contributed by atoms with E-state index >= 15 is 0 Å². The second-order valence-electron chi connectivity index (χ2n) is 6.72. The monoisotopic (exact) mass is 338 g/mol. The maximum atomic E-state index is 13.9. The number of amides is 1. The Balaban J connectivity index is 1.80. The van der Waals surface area contributed by atoms with Crippen LogP contribution in [0.25, 0.3) is 11.0 Å². The molecule has 6 heteroatoms. The smallest absolute Gasteiger partial charge is 0.256 e. The van der Waals surface area contributed by atoms with E-state index in [1.807, 2.05) is 24.6 Å². The molecule has 2 heterocycles. The fraction of sp³-hybridized carbons (Fsp3) is 0.316. The zero-order chi connectivity index (χ0) is 17.6. The standard InChI is InChI=1S/C19H19FN4O/c1-11(2)24-18-14(10-21-24)13(9-17(22-18)12-7-8-12)19(25)23-16-6-4-3-5-15(16)20/h3-6,9-12H,7-8H2,1-2H3,(H,23,25). The van der Waals surface area contributed by atoms with E-state index in [-0.39, 0.29) is 17.6 Å². The first kappa shape index (κ1) is 15.7. The highest BCUT2D eigenvalue weighted by atomic mass is 19.1. The van der Waals surface area contributed by atoms with Gasteiger partial charge in [0.2, 0.25) is 0 Å². The highest BCUT2D eigenvalue weighted by Gasteiger charge is 2.28. The summed E-state index contributed by atoms with van der Waals surface area (Å²) in [6.45, 7) is 4.05. The van der Waals surface area contributed by atoms with Crippen LogP contribution in [-0.2, 0) is 0 Å². The topological polar surface area (TPSA) is 59.8 Å². The molecule has 1 fully saturated rings. The van der Waals surface area contributed by atoms with Crippen molar-refractivity contribution in [3.63, 3.8) is 0 Å². The lowest BCUT2D eigenvalue weighted by Crippen LogP contribution is -2.14. The minimum atomic E-state index is -0.457. The maximum Gasteiger partial charge on any atom is 0.256 e. The maximum absolute atomic E-state index is 13.9. The summed E-state index contributed by atoms with van der Waals surface area (Å²) < 4.78 is 15.7. The molecule has 1 aromatic carbocycles. The molecule has 0 saturated heterocycles. The van der Waals surface area contributed by atoms with Gasteiger partial charge >= 0.3 is 0 Å². The lowest BCUT2D eigenvalue weighted by molar-refractivity contribution is 0.102. The van der Waals surface area contributed by atoms with E-state index in [1.165, 1.54) is 6.07 Å². The fourth-order valence-corrected chi connectivity index (χ4v) is 2.94. The van der Waals surface area contributed by atoms with Crippen LogP contribution in [0.15, 0.2) is 36.5 Å². The van der Waals surface area contributed by atoms with Crippen molar-refractivity contribution < 1.29 is 9.18 Å². The molecule has 0 spiro atoms. The number of aromatic nitrogens is 3. The number of hydrogen-bond donors (Lipinski definition) is 1. The molecule has 1 aliphatic carbocycles. The number of hydrogen-bond acceptors (Lipinski definition) is 3. The summed E-state index contributed by atoms with van der Waals surface area (Å²) in [6, 6.07) is 8.11. The van der Waals surface area contributed by atoms with Crippen LogP contribution in [0.2, 0.25) is 0 Å². The molecule has 1 N–H and O–H groups in total. The molecule has 1 amide bonds. The molecule has 0 aliphatic heterocycles. The van der Waals surface area contributed by atoms with Gasteiger partial charge in [0.15, 0.2) is 5.65 Å². The molecule has 0 unspecified atom stereocenters. The molecular formula is C19H19FN4O. The van der Waals surface area contributed by atoms with E-state index in [4.69, 9.17) is 4.98 Å². The summed E-state index contributed by atoms with van der Waals surface area (Å²) in [5.41, 5.74) is 2.27. The van der Waals surface area contributed by atoms with Gasteiger partial charge < -0.3 is 5.32 Å². The second-order valence-corrected chi connectivity index (χ2v) is 6.72. The van der Waals surface area contributed by atoms with E-state index in [0.717, 1.165) is 18.5 Å². The van der Waals surface area contributed by atoms with Crippen LogP contribution >= 0.6 is 0 Å². The molecule has 0 atom stereocenters. The van der Waals surface area contributed by atoms with E-state index in [0.29, 0.717) is 22.5 Å². The fourth-order valence-electron chi connectivity index (χ4n) is 2.94. The van der Waals surface area contributed by atoms with Gasteiger partial charge in [-0.25, -0.2) is 14.1 Å². The number of carbonyl (C=O) groups is 1. The number of benzene rings is 1. The Bertz CT molecular complexity index is 959. The summed E-state index contributed by atoms with van der Waals surface area (Å²) in [4.78, 5) is 17.5. The van der Waals surface area contributed by atoms with Crippen molar-refractivity contribution in [1.82, 2.24) is 14.8 Å². The molecule has 128 valence electrons. The number of halogens is 1. The van der Waals surface area contributed by atoms with Gasteiger partial charge in [0, 0.05) is 17.7 Å². The zero-order valence-electron chi connectivity index (χ0n) is 14.2. The molecule has 3 aromatic rings. The number of fused-ring (bicyclic) bond motifs is 1. The van der Waals surface area contributed by atoms with Crippen LogP contribution in [0.4, 0.5) is 10.1 Å². The number of pyridine rings is 1. The average molecular weight is 338 g/mol. The van der Waals surface area contributed by atoms with E-state index in [1.54, 1.807) is 24.4 Å². The summed E-state index contributed by atoms with van der Waals surface area (Å²) in [5, 5.41) is 7.74. The van der Waals surface area contributed by atoms with Crippen LogP contribution < -0.4 is 5.32 Å². The number of para-hydroxylation sites is 1. The quantitative estimate of drug-likeness (QED) is 0.772. The number of anilines is 1. The normalized spacial score (nSPS) is 14.2. The van der Waals surface area contributed by atoms with Crippen molar-refractivity contribution >= 4 is 22.6 Å². The van der Waals surface area contributed by atoms with Crippen molar-refractivity contribution in [1.29, 1.82) is 0 Å². The minimum absolute atomic E-state index is 0.141. The van der Waals surface area contributed by atoms with Gasteiger partial charge in [-0.3, -0.25) is 4.79 Å². The van der Waals surface area contributed by atoms with Crippen LogP contribution in [0.3, 0.4) is 0 Å². The SMILES string of the molecule is CC(C)n1ncc2c(C(=O)Nc3ccccc3F)cc(C3CC3)nc21. The Morgan fingerprint density at radius 2 is 2.08 bits per heavy atom. The van der Waals surface area contributed by atoms with Crippen molar-refractivity contribution in [2.75, 3.05) is 5.32 Å². The second kappa shape index (κ2) is 5.95. The van der Waals surface area contributed by atoms with Crippen molar-refractivity contribution in [3.8, 4) is 0 Å². The Hall–Kier alpha value is -2.76. The Morgan fingerprint density at radius 3 is 2.76 bits per heavy atom. The van der Waals surface area contributed by atoms with Gasteiger partial charge in [0.05, 0.1) is 22.8 Å². The molecule has 2 aromatic heterocycles. The minimum Gasteiger partial charge on any atom is -0.319 e. The molecule has 0 bridgehead atoms. The third-order valence-electron chi connectivity index (χ3n) is 4.44. The lowest BCUT2D eigenvalue weighted by atomic mass is 10.1. The van der Waals surface area contributed by atoms with Crippen molar-refractivity contribution in [2.45, 2.75) is 38.6 Å². The van der Waals surface area contributed by atoms with Gasteiger partial charge in [-0.1, -0.05) is 12.1 Å². The van der Waals surface area contributed by atoms with Crippen LogP contribution in [0.1, 0.15) is 54.7 Å². The Kier molecular flexibility index (Phi) is 3.75. The van der Waals surface area contributed by atoms with Gasteiger partial charge in [-0.15, -0.1) is 0 Å². The number of nitrogens with zero attached hydrogens (tertiary/aromatic N) is 3. The molecule has 5 nitrogen and oxygen atoms in total. The number of carbonyl (C=O) groups excluding carboxylic acids is 1. The lowest BCUT2D eigenvalue weighted by Gasteiger charge is -2.11. The van der Waals surface area contributed by atoms with Gasteiger partial charge in [-0.2, -0.15) is 5.10 Å². The van der Waals surface area contributed by atoms with Crippen molar-refractivity contribution in [2.24, 2.45) is 0 Å². The van der Waals surface area contributed by atoms with E-state index in [9.17, 15) is 9.18 Å². The van der Waals surface area contributed by atoms with Crippen LogP contribution in [0, 0.1) is 5.82 Å². The van der Waals surface area contributed by atoms with Crippen LogP contribution in [-0.4, -0.2) is 20.7 Å². The Labute approximate surface area is 144 Å². The summed E-state index contributed by atoms with van der Waals surface area (Å²) >= 11 is 0. The highest BCUT2D eigenvalue weighted by Crippen LogP contribution is 2.40. The third-order valence-corrected chi connectivity index (χ3v) is 4.44. The predicted molar refractivity (Wildman–Crippen MR) is 94.2 cm³/mol. The molecule has 0 radical (unpaired) electrons. The van der Waals surface area contributed by atoms with Crippen molar-refractivity contribution in [3.05, 3.63) is 53.6 Å². The summed E-state index contributed by atoms with van der Waals surface area (Å²) in [5.74, 6) is -0.399. The molecule has 1 aliphatic rings.